The third-order valence-corrected chi connectivity index (χ3v) is 5.88. The normalized spacial score (nSPS) is 11.2. The van der Waals surface area contributed by atoms with Crippen molar-refractivity contribution in [1.29, 1.82) is 0 Å². The van der Waals surface area contributed by atoms with Gasteiger partial charge in [-0.2, -0.15) is 5.10 Å². The Morgan fingerprint density at radius 3 is 2.47 bits per heavy atom. The highest BCUT2D eigenvalue weighted by atomic mass is 31.2. The Hall–Kier alpha value is -3.99. The number of amides is 2. The highest BCUT2D eigenvalue weighted by molar-refractivity contribution is 7.39. The minimum atomic E-state index is -2.50. The van der Waals surface area contributed by atoms with Crippen LogP contribution in [0.1, 0.15) is 32.1 Å². The quantitative estimate of drug-likeness (QED) is 0.248. The van der Waals surface area contributed by atoms with Crippen LogP contribution in [0, 0.1) is 6.92 Å². The lowest BCUT2D eigenvalue weighted by molar-refractivity contribution is 0.0996. The van der Waals surface area contributed by atoms with E-state index in [1.165, 1.54) is 17.9 Å². The minimum absolute atomic E-state index is 0.229. The van der Waals surface area contributed by atoms with Gasteiger partial charge in [-0.15, -0.1) is 0 Å². The zero-order valence-corrected chi connectivity index (χ0v) is 20.7. The number of primary amides is 1. The van der Waals surface area contributed by atoms with Crippen molar-refractivity contribution < 1.29 is 28.6 Å². The predicted octanol–water partition coefficient (Wildman–Crippen LogP) is 2.27. The van der Waals surface area contributed by atoms with E-state index in [4.69, 9.17) is 24.8 Å². The Kier molecular flexibility index (Phi) is 7.20. The molecule has 0 spiro atoms. The summed E-state index contributed by atoms with van der Waals surface area (Å²) < 4.78 is 13.7. The molecule has 2 aromatic carbocycles. The monoisotopic (exact) mass is 512 g/mol. The first kappa shape index (κ1) is 25.1. The average molecular weight is 512 g/mol. The smallest absolute Gasteiger partial charge is 0.391 e. The molecule has 12 nitrogen and oxygen atoms in total. The number of hydrogen-bond donors (Lipinski definition) is 4. The fourth-order valence-corrected chi connectivity index (χ4v) is 4.19. The van der Waals surface area contributed by atoms with Crippen LogP contribution in [0.4, 0.5) is 5.95 Å². The number of nitrogens with one attached hydrogen (secondary N) is 1. The van der Waals surface area contributed by atoms with Gasteiger partial charge in [0.15, 0.2) is 0 Å². The third-order valence-electron chi connectivity index (χ3n) is 5.51. The number of hydrogen-bond acceptors (Lipinski definition) is 8. The van der Waals surface area contributed by atoms with Crippen LogP contribution in [0.2, 0.25) is 0 Å². The van der Waals surface area contributed by atoms with Crippen molar-refractivity contribution in [2.75, 3.05) is 12.4 Å². The van der Waals surface area contributed by atoms with Gasteiger partial charge in [-0.1, -0.05) is 12.1 Å². The summed E-state index contributed by atoms with van der Waals surface area (Å²) in [7, 11) is 0.658. The summed E-state index contributed by atoms with van der Waals surface area (Å²) in [6, 6.07) is 11.6. The van der Waals surface area contributed by atoms with E-state index in [1.807, 2.05) is 0 Å². The van der Waals surface area contributed by atoms with Gasteiger partial charge in [0.25, 0.3) is 5.91 Å². The van der Waals surface area contributed by atoms with Crippen LogP contribution in [-0.2, 0) is 20.0 Å². The summed E-state index contributed by atoms with van der Waals surface area (Å²) >= 11 is 0. The van der Waals surface area contributed by atoms with E-state index < -0.39 is 20.4 Å². The van der Waals surface area contributed by atoms with Gasteiger partial charge in [0.05, 0.1) is 18.3 Å². The molecule has 0 saturated heterocycles. The first-order valence-corrected chi connectivity index (χ1v) is 12.0. The molecular formula is C23H25N6O6P. The number of methoxy groups -OCH3 is 1. The molecule has 0 aliphatic carbocycles. The third kappa shape index (κ3) is 5.30. The summed E-state index contributed by atoms with van der Waals surface area (Å²) in [5.74, 6) is -0.0381. The number of anilines is 1. The molecular weight excluding hydrogens is 487 g/mol. The summed E-state index contributed by atoms with van der Waals surface area (Å²) in [5, 5.41) is 7.06. The number of carbonyl (C=O) groups excluding carboxylic acids is 2. The Morgan fingerprint density at radius 2 is 1.89 bits per heavy atom. The van der Waals surface area contributed by atoms with Crippen LogP contribution in [0.3, 0.4) is 0 Å². The second kappa shape index (κ2) is 10.3. The zero-order chi connectivity index (χ0) is 26.0. The molecule has 4 rings (SSSR count). The summed E-state index contributed by atoms with van der Waals surface area (Å²) in [5.41, 5.74) is 8.72. The maximum Gasteiger partial charge on any atom is 0.391 e. The summed E-state index contributed by atoms with van der Waals surface area (Å²) in [4.78, 5) is 47.4. The lowest BCUT2D eigenvalue weighted by atomic mass is 10.1. The van der Waals surface area contributed by atoms with E-state index in [0.717, 1.165) is 5.56 Å². The van der Waals surface area contributed by atoms with Gasteiger partial charge in [0.1, 0.15) is 22.7 Å². The van der Waals surface area contributed by atoms with Gasteiger partial charge in [-0.3, -0.25) is 19.6 Å². The van der Waals surface area contributed by atoms with Crippen LogP contribution in [0.25, 0.3) is 11.0 Å². The van der Waals surface area contributed by atoms with Crippen LogP contribution in [-0.4, -0.2) is 48.0 Å². The number of benzene rings is 2. The molecule has 0 atom stereocenters. The second-order valence-corrected chi connectivity index (χ2v) is 8.67. The van der Waals surface area contributed by atoms with Gasteiger partial charge >= 0.3 is 8.60 Å². The van der Waals surface area contributed by atoms with E-state index in [-0.39, 0.29) is 11.5 Å². The largest absolute Gasteiger partial charge is 0.494 e. The summed E-state index contributed by atoms with van der Waals surface area (Å²) in [6.45, 7) is 2.19. The highest BCUT2D eigenvalue weighted by Crippen LogP contribution is 2.32. The number of aryl methyl sites for hydroxylation is 4. The SMILES string of the molecule is COc1cc(C(N)=O)cc2nc(NC(=O)c3cc(C)nn3C)n(CCc3ccc(OP(O)O)cc3)c12. The standard InChI is InChI=1S/C23H25N6O6P/c1-13-10-18(28(2)27-13)22(31)26-23-25-17-11-15(21(24)30)12-19(34-3)20(17)29(23)9-8-14-4-6-16(7-5-14)35-36(32)33/h4-7,10-12,32-33H,8-9H2,1-3H3,(H2,24,30)(H,25,26,31). The van der Waals surface area contributed by atoms with E-state index in [1.54, 1.807) is 54.9 Å². The molecule has 2 amide bonds. The first-order valence-electron chi connectivity index (χ1n) is 10.8. The van der Waals surface area contributed by atoms with E-state index >= 15 is 0 Å². The van der Waals surface area contributed by atoms with Crippen LogP contribution in [0.5, 0.6) is 11.5 Å². The number of ether oxygens (including phenoxy) is 1. The maximum absolute atomic E-state index is 13.0. The molecule has 0 aliphatic heterocycles. The second-order valence-electron chi connectivity index (χ2n) is 7.98. The topological polar surface area (TPSA) is 167 Å². The van der Waals surface area contributed by atoms with Crippen molar-refractivity contribution in [1.82, 2.24) is 19.3 Å². The van der Waals surface area contributed by atoms with Gasteiger partial charge in [-0.05, 0) is 49.2 Å². The van der Waals surface area contributed by atoms with Gasteiger partial charge < -0.3 is 29.3 Å². The van der Waals surface area contributed by atoms with Crippen molar-refractivity contribution in [2.45, 2.75) is 19.9 Å². The predicted molar refractivity (Wildman–Crippen MR) is 133 cm³/mol. The lowest BCUT2D eigenvalue weighted by Crippen LogP contribution is -2.19. The molecule has 0 saturated carbocycles. The maximum atomic E-state index is 13.0. The van der Waals surface area contributed by atoms with Crippen molar-refractivity contribution in [2.24, 2.45) is 12.8 Å². The minimum Gasteiger partial charge on any atom is -0.494 e. The Labute approximate surface area is 207 Å². The number of nitrogens with zero attached hydrogens (tertiary/aromatic N) is 4. The average Bonchev–Trinajstić information content (AvgIpc) is 3.35. The number of fused-ring (bicyclic) bond motifs is 1. The van der Waals surface area contributed by atoms with E-state index in [0.29, 0.717) is 46.9 Å². The molecule has 36 heavy (non-hydrogen) atoms. The number of rotatable bonds is 9. The van der Waals surface area contributed by atoms with Gasteiger partial charge in [0, 0.05) is 19.2 Å². The van der Waals surface area contributed by atoms with Gasteiger partial charge in [0.2, 0.25) is 11.9 Å². The number of nitrogens with two attached hydrogens (primary N) is 1. The molecule has 0 aliphatic rings. The van der Waals surface area contributed by atoms with E-state index in [9.17, 15) is 9.59 Å². The Morgan fingerprint density at radius 1 is 1.17 bits per heavy atom. The summed E-state index contributed by atoms with van der Waals surface area (Å²) in [6.07, 6.45) is 0.535. The number of carbonyl (C=O) groups is 2. The highest BCUT2D eigenvalue weighted by Gasteiger charge is 2.21. The Bertz CT molecular complexity index is 1430. The van der Waals surface area contributed by atoms with Crippen molar-refractivity contribution in [3.63, 3.8) is 0 Å². The van der Waals surface area contributed by atoms with Crippen LogP contribution in [0.15, 0.2) is 42.5 Å². The molecule has 0 radical (unpaired) electrons. The number of aromatic nitrogens is 4. The molecule has 13 heteroatoms. The fourth-order valence-electron chi connectivity index (χ4n) is 3.88. The molecule has 2 heterocycles. The zero-order valence-electron chi connectivity index (χ0n) is 19.8. The Balaban J connectivity index is 1.71. The fraction of sp³-hybridized carbons (Fsp3) is 0.217. The van der Waals surface area contributed by atoms with Crippen molar-refractivity contribution >= 4 is 37.4 Å². The molecule has 0 fully saturated rings. The first-order chi connectivity index (χ1) is 17.2. The van der Waals surface area contributed by atoms with E-state index in [2.05, 4.69) is 15.4 Å². The van der Waals surface area contributed by atoms with Gasteiger partial charge in [-0.25, -0.2) is 4.98 Å². The molecule has 5 N–H and O–H groups in total. The molecule has 4 aromatic rings. The molecule has 2 aromatic heterocycles. The van der Waals surface area contributed by atoms with Crippen LogP contribution >= 0.6 is 8.60 Å². The molecule has 0 bridgehead atoms. The van der Waals surface area contributed by atoms with Crippen LogP contribution < -0.4 is 20.3 Å². The van der Waals surface area contributed by atoms with Crippen molar-refractivity contribution in [3.05, 3.63) is 65.0 Å². The lowest BCUT2D eigenvalue weighted by Gasteiger charge is -2.13. The number of imidazole rings is 1. The molecule has 0 unspecified atom stereocenters. The van der Waals surface area contributed by atoms with Crippen molar-refractivity contribution in [3.8, 4) is 11.5 Å². The molecule has 188 valence electrons.